The van der Waals surface area contributed by atoms with Crippen LogP contribution in [-0.4, -0.2) is 44.6 Å². The third kappa shape index (κ3) is 5.28. The molecule has 2 N–H and O–H groups in total. The number of anilines is 1. The van der Waals surface area contributed by atoms with Gasteiger partial charge in [0, 0.05) is 40.3 Å². The molecule has 44 heavy (non-hydrogen) atoms. The number of carbonyl (C=O) groups excluding carboxylic acids is 1. The van der Waals surface area contributed by atoms with Crippen LogP contribution in [0.4, 0.5) is 10.1 Å². The van der Waals surface area contributed by atoms with Gasteiger partial charge in [-0.3, -0.25) is 13.9 Å². The summed E-state index contributed by atoms with van der Waals surface area (Å²) in [6, 6.07) is 19.8. The highest BCUT2D eigenvalue weighted by Gasteiger charge is 2.31. The van der Waals surface area contributed by atoms with Crippen LogP contribution in [0.3, 0.4) is 0 Å². The normalized spacial score (nSPS) is 14.6. The van der Waals surface area contributed by atoms with E-state index in [4.69, 9.17) is 0 Å². The minimum atomic E-state index is -4.54. The summed E-state index contributed by atoms with van der Waals surface area (Å²) in [5.41, 5.74) is 1.37. The largest absolute Gasteiger partial charge is 0.331 e. The van der Waals surface area contributed by atoms with Crippen molar-refractivity contribution >= 4 is 42.5 Å². The molecule has 0 radical (unpaired) electrons. The van der Waals surface area contributed by atoms with E-state index in [-0.39, 0.29) is 51.8 Å². The van der Waals surface area contributed by atoms with Crippen molar-refractivity contribution < 1.29 is 26.0 Å². The average molecular weight is 635 g/mol. The van der Waals surface area contributed by atoms with E-state index in [2.05, 4.69) is 9.71 Å². The second-order valence-electron chi connectivity index (χ2n) is 10.5. The predicted molar refractivity (Wildman–Crippen MR) is 165 cm³/mol. The van der Waals surface area contributed by atoms with Crippen molar-refractivity contribution in [3.05, 3.63) is 118 Å². The number of nitrogens with zero attached hydrogens (tertiary/aromatic N) is 2. The van der Waals surface area contributed by atoms with Gasteiger partial charge in [-0.15, -0.1) is 0 Å². The predicted octanol–water partition coefficient (Wildman–Crippen LogP) is 4.15. The molecule has 1 fully saturated rings. The number of benzene rings is 3. The van der Waals surface area contributed by atoms with Crippen molar-refractivity contribution in [2.75, 3.05) is 16.6 Å². The van der Waals surface area contributed by atoms with E-state index in [1.54, 1.807) is 36.4 Å². The Morgan fingerprint density at radius 2 is 1.82 bits per heavy atom. The number of hydrogen-bond acceptors (Lipinski definition) is 6. The van der Waals surface area contributed by atoms with Crippen LogP contribution in [0.2, 0.25) is 0 Å². The van der Waals surface area contributed by atoms with Gasteiger partial charge in [-0.1, -0.05) is 35.9 Å². The molecule has 2 aromatic heterocycles. The number of hydrogen-bond donors (Lipinski definition) is 2. The number of aromatic nitrogens is 2. The Morgan fingerprint density at radius 3 is 2.55 bits per heavy atom. The van der Waals surface area contributed by atoms with Crippen LogP contribution in [0.1, 0.15) is 28.0 Å². The van der Waals surface area contributed by atoms with E-state index in [1.165, 1.54) is 53.2 Å². The molecule has 0 spiro atoms. The van der Waals surface area contributed by atoms with E-state index in [0.717, 1.165) is 9.87 Å². The zero-order chi connectivity index (χ0) is 31.2. The van der Waals surface area contributed by atoms with Gasteiger partial charge in [0.25, 0.3) is 21.5 Å². The van der Waals surface area contributed by atoms with Gasteiger partial charge in [-0.25, -0.2) is 25.9 Å². The molecule has 0 unspecified atom stereocenters. The molecule has 0 aliphatic carbocycles. The van der Waals surface area contributed by atoms with Gasteiger partial charge < -0.3 is 9.55 Å². The highest BCUT2D eigenvalue weighted by Crippen LogP contribution is 2.35. The molecular formula is C31H27FN4O6S2. The summed E-state index contributed by atoms with van der Waals surface area (Å²) >= 11 is 0. The Morgan fingerprint density at radius 1 is 1.02 bits per heavy atom. The Labute approximate surface area is 252 Å². The highest BCUT2D eigenvalue weighted by atomic mass is 32.2. The first-order valence-corrected chi connectivity index (χ1v) is 16.8. The molecule has 1 aliphatic rings. The molecule has 13 heteroatoms. The zero-order valence-corrected chi connectivity index (χ0v) is 25.1. The maximum atomic E-state index is 14.9. The second kappa shape index (κ2) is 11.1. The number of fused-ring (bicyclic) bond motifs is 1. The lowest BCUT2D eigenvalue weighted by Gasteiger charge is -2.18. The maximum absolute atomic E-state index is 14.9. The topological polar surface area (TPSA) is 138 Å². The molecule has 226 valence electrons. The SMILES string of the molecule is Cc1ccc2c(c1)c(-c1ccc[nH]c1=O)c(C(=O)NS(=O)(=O)c1cccc(N3CCCS3(=O)=O)c1)n2Cc1ccccc1F. The van der Waals surface area contributed by atoms with Crippen LogP contribution in [0.25, 0.3) is 22.0 Å². The van der Waals surface area contributed by atoms with Crippen molar-refractivity contribution in [2.45, 2.75) is 24.8 Å². The maximum Gasteiger partial charge on any atom is 0.282 e. The summed E-state index contributed by atoms with van der Waals surface area (Å²) in [4.78, 5) is 29.4. The number of aromatic amines is 1. The molecule has 0 bridgehead atoms. The molecule has 10 nitrogen and oxygen atoms in total. The Bertz CT molecular complexity index is 2230. The molecule has 5 aromatic rings. The van der Waals surface area contributed by atoms with E-state index in [9.17, 15) is 30.8 Å². The fourth-order valence-electron chi connectivity index (χ4n) is 5.52. The van der Waals surface area contributed by atoms with Crippen molar-refractivity contribution in [2.24, 2.45) is 0 Å². The van der Waals surface area contributed by atoms with Crippen molar-refractivity contribution in [3.8, 4) is 11.1 Å². The van der Waals surface area contributed by atoms with E-state index < -0.39 is 37.3 Å². The Hall–Kier alpha value is -4.75. The summed E-state index contributed by atoms with van der Waals surface area (Å²) in [6.07, 6.45) is 1.84. The standard InChI is InChI=1S/C31H27FN4O6S2/c1-20-12-13-27-25(17-20)28(24-10-5-14-33-30(24)37)29(35(27)19-21-7-2-3-11-26(21)32)31(38)34-44(41,42)23-9-4-8-22(18-23)36-15-6-16-43(36,39)40/h2-5,7-14,17-18H,6,15-16,19H2,1H3,(H,33,37)(H,34,38). The number of rotatable bonds is 7. The lowest BCUT2D eigenvalue weighted by atomic mass is 10.0. The van der Waals surface area contributed by atoms with Crippen LogP contribution in [0, 0.1) is 12.7 Å². The second-order valence-corrected chi connectivity index (χ2v) is 14.2. The number of aryl methyl sites for hydroxylation is 1. The molecule has 1 saturated heterocycles. The van der Waals surface area contributed by atoms with Gasteiger partial charge >= 0.3 is 0 Å². The van der Waals surface area contributed by atoms with Crippen LogP contribution in [0.5, 0.6) is 0 Å². The van der Waals surface area contributed by atoms with E-state index >= 15 is 0 Å². The Balaban J connectivity index is 1.52. The highest BCUT2D eigenvalue weighted by molar-refractivity contribution is 7.93. The fourth-order valence-corrected chi connectivity index (χ4v) is 8.07. The molecule has 3 aromatic carbocycles. The summed E-state index contributed by atoms with van der Waals surface area (Å²) < 4.78 is 71.8. The molecular weight excluding hydrogens is 607 g/mol. The van der Waals surface area contributed by atoms with Gasteiger partial charge in [0.15, 0.2) is 0 Å². The first-order chi connectivity index (χ1) is 21.0. The van der Waals surface area contributed by atoms with Gasteiger partial charge in [-0.2, -0.15) is 0 Å². The molecule has 1 amide bonds. The fraction of sp³-hybridized carbons (Fsp3) is 0.161. The number of sulfonamides is 2. The summed E-state index contributed by atoms with van der Waals surface area (Å²) in [6.45, 7) is 1.91. The summed E-state index contributed by atoms with van der Waals surface area (Å²) in [5.74, 6) is -1.62. The minimum absolute atomic E-state index is 0.0475. The van der Waals surface area contributed by atoms with Gasteiger partial charge in [0.2, 0.25) is 10.0 Å². The number of amides is 1. The van der Waals surface area contributed by atoms with E-state index in [0.29, 0.717) is 17.3 Å². The molecule has 0 saturated carbocycles. The zero-order valence-electron chi connectivity index (χ0n) is 23.4. The lowest BCUT2D eigenvalue weighted by molar-refractivity contribution is 0.0974. The number of halogens is 1. The lowest BCUT2D eigenvalue weighted by Crippen LogP contribution is -2.33. The molecule has 6 rings (SSSR count). The van der Waals surface area contributed by atoms with Crippen LogP contribution in [-0.2, 0) is 26.6 Å². The smallest absolute Gasteiger partial charge is 0.282 e. The van der Waals surface area contributed by atoms with Crippen molar-refractivity contribution in [3.63, 3.8) is 0 Å². The summed E-state index contributed by atoms with van der Waals surface area (Å²) in [7, 11) is -8.13. The number of pyridine rings is 1. The van der Waals surface area contributed by atoms with Crippen LogP contribution >= 0.6 is 0 Å². The summed E-state index contributed by atoms with van der Waals surface area (Å²) in [5, 5.41) is 0.502. The molecule has 0 atom stereocenters. The molecule has 3 heterocycles. The number of nitrogens with one attached hydrogen (secondary N) is 2. The van der Waals surface area contributed by atoms with Crippen LogP contribution < -0.4 is 14.6 Å². The first kappa shape index (κ1) is 29.3. The first-order valence-electron chi connectivity index (χ1n) is 13.7. The van der Waals surface area contributed by atoms with Gasteiger partial charge in [0.1, 0.15) is 11.5 Å². The number of H-pyrrole nitrogens is 1. The van der Waals surface area contributed by atoms with Crippen molar-refractivity contribution in [1.29, 1.82) is 0 Å². The average Bonchev–Trinajstić information content (AvgIpc) is 3.50. The quantitative estimate of drug-likeness (QED) is 0.276. The third-order valence-corrected chi connectivity index (χ3v) is 10.7. The monoisotopic (exact) mass is 634 g/mol. The van der Waals surface area contributed by atoms with Crippen LogP contribution in [0.15, 0.2) is 94.7 Å². The minimum Gasteiger partial charge on any atom is -0.331 e. The molecule has 1 aliphatic heterocycles. The Kier molecular flexibility index (Phi) is 7.38. The van der Waals surface area contributed by atoms with E-state index in [1.807, 2.05) is 6.92 Å². The number of carbonyl (C=O) groups is 1. The van der Waals surface area contributed by atoms with Crippen molar-refractivity contribution in [1.82, 2.24) is 14.3 Å². The van der Waals surface area contributed by atoms with Gasteiger partial charge in [0.05, 0.1) is 22.9 Å². The van der Waals surface area contributed by atoms with Gasteiger partial charge in [-0.05, 0) is 61.9 Å². The third-order valence-electron chi connectivity index (χ3n) is 7.55.